The lowest BCUT2D eigenvalue weighted by molar-refractivity contribution is -0.187. The molecule has 5 N–H and O–H groups in total. The van der Waals surface area contributed by atoms with Gasteiger partial charge in [-0.3, -0.25) is 9.59 Å². The summed E-state index contributed by atoms with van der Waals surface area (Å²) in [6, 6.07) is 5.61. The summed E-state index contributed by atoms with van der Waals surface area (Å²) in [7, 11) is 0. The maximum atomic E-state index is 12.2. The number of alkyl halides is 3. The standard InChI is InChI=1S/C21H27F3N4O4S/c22-21(23,24)11-32-19(30)14(25)9-12-5-7-13(8-6-12)26-17(29)4-2-1-3-16-18-15(10-33-16)27-20(31)28-18/h5-8,14-16,18H,1-4,9-11,25H2,(H,26,29)(H2,27,28,31)/t14-,15-,16-,18-/m0/s1. The average molecular weight is 489 g/mol. The van der Waals surface area contributed by atoms with E-state index in [1.807, 2.05) is 11.8 Å². The Bertz CT molecular complexity index is 853. The molecule has 2 fully saturated rings. The van der Waals surface area contributed by atoms with Crippen LogP contribution < -0.4 is 21.7 Å². The van der Waals surface area contributed by atoms with Crippen LogP contribution in [0.4, 0.5) is 23.7 Å². The van der Waals surface area contributed by atoms with E-state index >= 15 is 0 Å². The molecular formula is C21H27F3N4O4S. The number of hydrogen-bond donors (Lipinski definition) is 4. The van der Waals surface area contributed by atoms with Gasteiger partial charge in [-0.15, -0.1) is 0 Å². The van der Waals surface area contributed by atoms with Gasteiger partial charge in [0.1, 0.15) is 6.04 Å². The molecule has 8 nitrogen and oxygen atoms in total. The number of rotatable bonds is 10. The highest BCUT2D eigenvalue weighted by atomic mass is 32.2. The minimum Gasteiger partial charge on any atom is -0.455 e. The van der Waals surface area contributed by atoms with Crippen LogP contribution in [0, 0.1) is 0 Å². The molecule has 0 radical (unpaired) electrons. The first kappa shape index (κ1) is 25.2. The first-order chi connectivity index (χ1) is 15.6. The minimum atomic E-state index is -4.60. The van der Waals surface area contributed by atoms with Crippen molar-refractivity contribution >= 4 is 35.4 Å². The zero-order chi connectivity index (χ0) is 24.0. The van der Waals surface area contributed by atoms with E-state index in [0.29, 0.717) is 22.9 Å². The Labute approximate surface area is 193 Å². The van der Waals surface area contributed by atoms with Crippen LogP contribution in [-0.4, -0.2) is 59.8 Å². The molecule has 2 aliphatic rings. The van der Waals surface area contributed by atoms with Crippen LogP contribution >= 0.6 is 11.8 Å². The van der Waals surface area contributed by atoms with Crippen molar-refractivity contribution in [3.63, 3.8) is 0 Å². The number of ether oxygens (including phenoxy) is 1. The van der Waals surface area contributed by atoms with Gasteiger partial charge in [-0.2, -0.15) is 24.9 Å². The highest BCUT2D eigenvalue weighted by molar-refractivity contribution is 8.00. The first-order valence-corrected chi connectivity index (χ1v) is 11.7. The number of carbonyl (C=O) groups is 3. The monoisotopic (exact) mass is 488 g/mol. The lowest BCUT2D eigenvalue weighted by Crippen LogP contribution is -2.36. The highest BCUT2D eigenvalue weighted by Crippen LogP contribution is 2.33. The van der Waals surface area contributed by atoms with E-state index in [4.69, 9.17) is 5.73 Å². The number of esters is 1. The second kappa shape index (κ2) is 11.1. The van der Waals surface area contributed by atoms with Gasteiger partial charge < -0.3 is 26.4 Å². The molecule has 0 aromatic heterocycles. The Hall–Kier alpha value is -2.47. The predicted molar refractivity (Wildman–Crippen MR) is 118 cm³/mol. The molecule has 3 rings (SSSR count). The Morgan fingerprint density at radius 1 is 1.21 bits per heavy atom. The van der Waals surface area contributed by atoms with E-state index in [9.17, 15) is 27.6 Å². The van der Waals surface area contributed by atoms with Crippen LogP contribution in [-0.2, 0) is 20.7 Å². The average Bonchev–Trinajstić information content (AvgIpc) is 3.29. The zero-order valence-electron chi connectivity index (χ0n) is 17.8. The predicted octanol–water partition coefficient (Wildman–Crippen LogP) is 2.33. The molecule has 2 saturated heterocycles. The molecule has 0 saturated carbocycles. The van der Waals surface area contributed by atoms with Gasteiger partial charge in [0.15, 0.2) is 6.61 Å². The van der Waals surface area contributed by atoms with Crippen LogP contribution in [0.15, 0.2) is 24.3 Å². The number of fused-ring (bicyclic) bond motifs is 1. The second-order valence-electron chi connectivity index (χ2n) is 8.15. The number of urea groups is 1. The summed E-state index contributed by atoms with van der Waals surface area (Å²) >= 11 is 1.84. The SMILES string of the molecule is N[C@@H](Cc1ccc(NC(=O)CCCC[C@@H]2SC[C@@H]3NC(=O)N[C@@H]32)cc1)C(=O)OCC(F)(F)F. The summed E-state index contributed by atoms with van der Waals surface area (Å²) in [6.45, 7) is -1.67. The third-order valence-corrected chi connectivity index (χ3v) is 6.96. The van der Waals surface area contributed by atoms with Crippen molar-refractivity contribution in [3.8, 4) is 0 Å². The maximum absolute atomic E-state index is 12.2. The highest BCUT2D eigenvalue weighted by Gasteiger charge is 2.42. The number of unbranched alkanes of at least 4 members (excludes halogenated alkanes) is 1. The minimum absolute atomic E-state index is 0.0158. The molecule has 2 heterocycles. The lowest BCUT2D eigenvalue weighted by Gasteiger charge is -2.16. The van der Waals surface area contributed by atoms with E-state index in [1.54, 1.807) is 24.3 Å². The summed E-state index contributed by atoms with van der Waals surface area (Å²) in [6.07, 6.45) is -1.67. The summed E-state index contributed by atoms with van der Waals surface area (Å²) in [5.74, 6) is -0.338. The summed E-state index contributed by atoms with van der Waals surface area (Å²) < 4.78 is 40.5. The van der Waals surface area contributed by atoms with Gasteiger partial charge in [0.25, 0.3) is 0 Å². The molecule has 33 heavy (non-hydrogen) atoms. The number of benzene rings is 1. The van der Waals surface area contributed by atoms with Crippen LogP contribution in [0.2, 0.25) is 0 Å². The van der Waals surface area contributed by atoms with Crippen LogP contribution in [0.1, 0.15) is 31.2 Å². The van der Waals surface area contributed by atoms with Crippen LogP contribution in [0.5, 0.6) is 0 Å². The molecule has 4 atom stereocenters. The van der Waals surface area contributed by atoms with Gasteiger partial charge in [0, 0.05) is 23.1 Å². The van der Waals surface area contributed by atoms with Crippen molar-refractivity contribution in [2.45, 2.75) is 61.7 Å². The van der Waals surface area contributed by atoms with Gasteiger partial charge in [0.2, 0.25) is 5.91 Å². The molecular weight excluding hydrogens is 461 g/mol. The molecule has 1 aromatic rings. The Morgan fingerprint density at radius 2 is 1.94 bits per heavy atom. The second-order valence-corrected chi connectivity index (χ2v) is 9.42. The molecule has 0 aliphatic carbocycles. The number of nitrogens with one attached hydrogen (secondary N) is 3. The lowest BCUT2D eigenvalue weighted by atomic mass is 10.0. The van der Waals surface area contributed by atoms with Crippen LogP contribution in [0.25, 0.3) is 0 Å². The molecule has 0 unspecified atom stereocenters. The number of halogens is 3. The number of nitrogens with two attached hydrogens (primary N) is 1. The molecule has 182 valence electrons. The Kier molecular flexibility index (Phi) is 8.46. The van der Waals surface area contributed by atoms with Gasteiger partial charge in [-0.05, 0) is 37.0 Å². The number of amides is 3. The molecule has 1 aromatic carbocycles. The van der Waals surface area contributed by atoms with E-state index in [2.05, 4.69) is 20.7 Å². The fourth-order valence-electron chi connectivity index (χ4n) is 3.82. The number of anilines is 1. The van der Waals surface area contributed by atoms with Gasteiger partial charge in [-0.1, -0.05) is 18.6 Å². The summed E-state index contributed by atoms with van der Waals surface area (Å²) in [4.78, 5) is 35.1. The fraction of sp³-hybridized carbons (Fsp3) is 0.571. The maximum Gasteiger partial charge on any atom is 0.422 e. The number of carbonyl (C=O) groups excluding carboxylic acids is 3. The zero-order valence-corrected chi connectivity index (χ0v) is 18.6. The Morgan fingerprint density at radius 3 is 2.64 bits per heavy atom. The smallest absolute Gasteiger partial charge is 0.422 e. The molecule has 0 bridgehead atoms. The van der Waals surface area contributed by atoms with E-state index in [-0.39, 0.29) is 30.4 Å². The quantitative estimate of drug-likeness (QED) is 0.228. The molecule has 2 aliphatic heterocycles. The normalized spacial score (nSPS) is 22.8. The van der Waals surface area contributed by atoms with E-state index in [0.717, 1.165) is 25.0 Å². The first-order valence-electron chi connectivity index (χ1n) is 10.7. The third-order valence-electron chi connectivity index (χ3n) is 5.45. The topological polar surface area (TPSA) is 123 Å². The van der Waals surface area contributed by atoms with Gasteiger partial charge in [0.05, 0.1) is 12.1 Å². The summed E-state index contributed by atoms with van der Waals surface area (Å²) in [5, 5.41) is 9.02. The fourth-order valence-corrected chi connectivity index (χ4v) is 5.36. The Balaban J connectivity index is 1.33. The number of hydrogen-bond acceptors (Lipinski definition) is 6. The van der Waals surface area contributed by atoms with Crippen molar-refractivity contribution in [1.29, 1.82) is 0 Å². The molecule has 3 amide bonds. The van der Waals surface area contributed by atoms with E-state index < -0.39 is 24.8 Å². The van der Waals surface area contributed by atoms with Crippen molar-refractivity contribution < 1.29 is 32.3 Å². The van der Waals surface area contributed by atoms with Gasteiger partial charge >= 0.3 is 18.2 Å². The molecule has 0 spiro atoms. The van der Waals surface area contributed by atoms with Crippen LogP contribution in [0.3, 0.4) is 0 Å². The molecule has 12 heteroatoms. The van der Waals surface area contributed by atoms with Crippen molar-refractivity contribution in [1.82, 2.24) is 10.6 Å². The van der Waals surface area contributed by atoms with Crippen molar-refractivity contribution in [3.05, 3.63) is 29.8 Å². The van der Waals surface area contributed by atoms with E-state index in [1.165, 1.54) is 0 Å². The number of thioether (sulfide) groups is 1. The largest absolute Gasteiger partial charge is 0.455 e. The van der Waals surface area contributed by atoms with Gasteiger partial charge in [-0.25, -0.2) is 4.79 Å². The van der Waals surface area contributed by atoms with Crippen molar-refractivity contribution in [2.24, 2.45) is 5.73 Å². The third kappa shape index (κ3) is 7.81. The van der Waals surface area contributed by atoms with Crippen molar-refractivity contribution in [2.75, 3.05) is 17.7 Å². The summed E-state index contributed by atoms with van der Waals surface area (Å²) in [5.41, 5.74) is 6.81.